The highest BCUT2D eigenvalue weighted by Gasteiger charge is 2.15. The smallest absolute Gasteiger partial charge is 0.240 e. The van der Waals surface area contributed by atoms with Gasteiger partial charge in [-0.25, -0.2) is 0 Å². The van der Waals surface area contributed by atoms with Gasteiger partial charge in [-0.3, -0.25) is 0 Å². The first-order valence-electron chi connectivity index (χ1n) is 4.96. The molecule has 4 nitrogen and oxygen atoms in total. The van der Waals surface area contributed by atoms with Gasteiger partial charge in [0.1, 0.15) is 5.69 Å². The third-order valence-corrected chi connectivity index (χ3v) is 2.20. The maximum absolute atomic E-state index is 5.33. The number of nitrogens with zero attached hydrogens (tertiary/aromatic N) is 2. The standard InChI is InChI=1S/C12H17N3O/c1-6-8-10(7-2)15-12(16-5)11(13-4)9(3)14-15/h6-8,13H,1-2H2,3-5H3/b10-8+. The third kappa shape index (κ3) is 2.00. The van der Waals surface area contributed by atoms with Gasteiger partial charge in [-0.05, 0) is 19.1 Å². The van der Waals surface area contributed by atoms with E-state index in [0.29, 0.717) is 5.88 Å². The highest BCUT2D eigenvalue weighted by Crippen LogP contribution is 2.30. The van der Waals surface area contributed by atoms with Gasteiger partial charge >= 0.3 is 0 Å². The molecule has 0 aliphatic heterocycles. The van der Waals surface area contributed by atoms with Crippen molar-refractivity contribution in [1.29, 1.82) is 0 Å². The van der Waals surface area contributed by atoms with Crippen LogP contribution in [0, 0.1) is 6.92 Å². The summed E-state index contributed by atoms with van der Waals surface area (Å²) in [6, 6.07) is 0. The molecule has 0 aliphatic carbocycles. The summed E-state index contributed by atoms with van der Waals surface area (Å²) in [6.07, 6.45) is 5.21. The summed E-state index contributed by atoms with van der Waals surface area (Å²) in [5.74, 6) is 0.660. The maximum atomic E-state index is 5.33. The number of rotatable bonds is 5. The molecule has 1 rings (SSSR count). The van der Waals surface area contributed by atoms with Crippen molar-refractivity contribution in [2.45, 2.75) is 6.92 Å². The fourth-order valence-electron chi connectivity index (χ4n) is 1.50. The zero-order chi connectivity index (χ0) is 12.1. The molecule has 0 aromatic carbocycles. The summed E-state index contributed by atoms with van der Waals surface area (Å²) in [5, 5.41) is 7.44. The van der Waals surface area contributed by atoms with Gasteiger partial charge < -0.3 is 10.1 Å². The number of aryl methyl sites for hydroxylation is 1. The number of anilines is 1. The summed E-state index contributed by atoms with van der Waals surface area (Å²) in [4.78, 5) is 0. The molecule has 0 saturated heterocycles. The minimum atomic E-state index is 0.660. The Morgan fingerprint density at radius 3 is 2.62 bits per heavy atom. The molecule has 86 valence electrons. The SMILES string of the molecule is C=C/C=C(\C=C)n1nc(C)c(NC)c1OC. The van der Waals surface area contributed by atoms with Crippen molar-refractivity contribution in [3.8, 4) is 5.88 Å². The second-order valence-corrected chi connectivity index (χ2v) is 3.16. The second-order valence-electron chi connectivity index (χ2n) is 3.16. The second kappa shape index (κ2) is 5.21. The maximum Gasteiger partial charge on any atom is 0.240 e. The summed E-state index contributed by atoms with van der Waals surface area (Å²) in [7, 11) is 3.45. The zero-order valence-corrected chi connectivity index (χ0v) is 9.95. The van der Waals surface area contributed by atoms with Crippen molar-refractivity contribution >= 4 is 11.4 Å². The Balaban J connectivity index is 3.38. The molecule has 0 spiro atoms. The predicted octanol–water partition coefficient (Wildman–Crippen LogP) is 2.45. The van der Waals surface area contributed by atoms with Crippen LogP contribution in [-0.2, 0) is 0 Å². The van der Waals surface area contributed by atoms with Crippen LogP contribution in [0.2, 0.25) is 0 Å². The lowest BCUT2D eigenvalue weighted by Crippen LogP contribution is -2.01. The highest BCUT2D eigenvalue weighted by atomic mass is 16.5. The minimum Gasteiger partial charge on any atom is -0.479 e. The number of aromatic nitrogens is 2. The average Bonchev–Trinajstić information content (AvgIpc) is 2.61. The van der Waals surface area contributed by atoms with E-state index in [1.807, 2.05) is 20.0 Å². The largest absolute Gasteiger partial charge is 0.479 e. The Morgan fingerprint density at radius 2 is 2.19 bits per heavy atom. The first-order valence-corrected chi connectivity index (χ1v) is 4.96. The van der Waals surface area contributed by atoms with Gasteiger partial charge in [0.15, 0.2) is 0 Å². The van der Waals surface area contributed by atoms with Gasteiger partial charge in [-0.1, -0.05) is 19.2 Å². The molecule has 0 bridgehead atoms. The number of allylic oxidation sites excluding steroid dienone is 4. The van der Waals surface area contributed by atoms with Gasteiger partial charge in [0, 0.05) is 7.05 Å². The number of nitrogens with one attached hydrogen (secondary N) is 1. The van der Waals surface area contributed by atoms with Gasteiger partial charge in [-0.2, -0.15) is 9.78 Å². The molecule has 1 N–H and O–H groups in total. The number of hydrogen-bond acceptors (Lipinski definition) is 3. The lowest BCUT2D eigenvalue weighted by atomic mass is 10.3. The number of hydrogen-bond donors (Lipinski definition) is 1. The van der Waals surface area contributed by atoms with Crippen LogP contribution in [0.5, 0.6) is 5.88 Å². The monoisotopic (exact) mass is 219 g/mol. The van der Waals surface area contributed by atoms with Crippen LogP contribution in [0.15, 0.2) is 31.4 Å². The molecule has 0 amide bonds. The minimum absolute atomic E-state index is 0.660. The molecule has 16 heavy (non-hydrogen) atoms. The third-order valence-electron chi connectivity index (χ3n) is 2.20. The Kier molecular flexibility index (Phi) is 3.94. The number of ether oxygens (including phenoxy) is 1. The summed E-state index contributed by atoms with van der Waals surface area (Å²) < 4.78 is 7.02. The van der Waals surface area contributed by atoms with E-state index < -0.39 is 0 Å². The fraction of sp³-hybridized carbons (Fsp3) is 0.250. The van der Waals surface area contributed by atoms with Crippen LogP contribution < -0.4 is 10.1 Å². The van der Waals surface area contributed by atoms with Gasteiger partial charge in [-0.15, -0.1) is 0 Å². The molecule has 0 unspecified atom stereocenters. The van der Waals surface area contributed by atoms with Crippen LogP contribution in [0.1, 0.15) is 5.69 Å². The molecule has 0 fully saturated rings. The summed E-state index contributed by atoms with van der Waals surface area (Å²) in [6.45, 7) is 9.32. The van der Waals surface area contributed by atoms with E-state index in [4.69, 9.17) is 4.74 Å². The molecule has 0 aliphatic rings. The topological polar surface area (TPSA) is 39.1 Å². The van der Waals surface area contributed by atoms with E-state index >= 15 is 0 Å². The van der Waals surface area contributed by atoms with Crippen molar-refractivity contribution in [2.75, 3.05) is 19.5 Å². The van der Waals surface area contributed by atoms with Crippen LogP contribution in [-0.4, -0.2) is 23.9 Å². The number of methoxy groups -OCH3 is 1. The van der Waals surface area contributed by atoms with E-state index in [0.717, 1.165) is 17.1 Å². The van der Waals surface area contributed by atoms with E-state index in [1.54, 1.807) is 23.9 Å². The van der Waals surface area contributed by atoms with Gasteiger partial charge in [0.05, 0.1) is 18.5 Å². The molecular weight excluding hydrogens is 202 g/mol. The van der Waals surface area contributed by atoms with E-state index in [-0.39, 0.29) is 0 Å². The molecular formula is C12H17N3O. The van der Waals surface area contributed by atoms with Crippen LogP contribution >= 0.6 is 0 Å². The van der Waals surface area contributed by atoms with Crippen LogP contribution in [0.3, 0.4) is 0 Å². The molecule has 1 aromatic heterocycles. The van der Waals surface area contributed by atoms with Crippen molar-refractivity contribution < 1.29 is 4.74 Å². The van der Waals surface area contributed by atoms with Crippen molar-refractivity contribution in [3.63, 3.8) is 0 Å². The summed E-state index contributed by atoms with van der Waals surface area (Å²) >= 11 is 0. The van der Waals surface area contributed by atoms with E-state index in [9.17, 15) is 0 Å². The Labute approximate surface area is 95.9 Å². The van der Waals surface area contributed by atoms with Crippen molar-refractivity contribution in [1.82, 2.24) is 9.78 Å². The first kappa shape index (κ1) is 12.1. The fourth-order valence-corrected chi connectivity index (χ4v) is 1.50. The van der Waals surface area contributed by atoms with E-state index in [1.165, 1.54) is 0 Å². The van der Waals surface area contributed by atoms with Gasteiger partial charge in [0.2, 0.25) is 5.88 Å². The van der Waals surface area contributed by atoms with E-state index in [2.05, 4.69) is 23.6 Å². The molecule has 0 radical (unpaired) electrons. The normalized spacial score (nSPS) is 11.1. The molecule has 0 saturated carbocycles. The van der Waals surface area contributed by atoms with Gasteiger partial charge in [0.25, 0.3) is 0 Å². The highest BCUT2D eigenvalue weighted by molar-refractivity contribution is 5.66. The molecule has 0 atom stereocenters. The lowest BCUT2D eigenvalue weighted by Gasteiger charge is -2.07. The Bertz CT molecular complexity index is 430. The molecule has 4 heteroatoms. The molecule has 1 aromatic rings. The Hall–Kier alpha value is -1.97. The average molecular weight is 219 g/mol. The Morgan fingerprint density at radius 1 is 1.50 bits per heavy atom. The summed E-state index contributed by atoms with van der Waals surface area (Å²) in [5.41, 5.74) is 2.56. The van der Waals surface area contributed by atoms with Crippen LogP contribution in [0.4, 0.5) is 5.69 Å². The lowest BCUT2D eigenvalue weighted by molar-refractivity contribution is 0.387. The zero-order valence-electron chi connectivity index (χ0n) is 9.95. The van der Waals surface area contributed by atoms with Crippen LogP contribution in [0.25, 0.3) is 5.70 Å². The first-order chi connectivity index (χ1) is 7.69. The predicted molar refractivity (Wildman–Crippen MR) is 67.7 cm³/mol. The molecule has 1 heterocycles. The quantitative estimate of drug-likeness (QED) is 0.773. The van der Waals surface area contributed by atoms with Crippen molar-refractivity contribution in [2.24, 2.45) is 0 Å². The van der Waals surface area contributed by atoms with Crippen molar-refractivity contribution in [3.05, 3.63) is 37.1 Å².